The second-order valence-electron chi connectivity index (χ2n) is 12.6. The number of methoxy groups -OCH3 is 3. The molecule has 3 aromatic rings. The van der Waals surface area contributed by atoms with Crippen molar-refractivity contribution in [3.63, 3.8) is 0 Å². The minimum atomic E-state index is -0.847. The first-order valence-corrected chi connectivity index (χ1v) is 16.2. The van der Waals surface area contributed by atoms with E-state index < -0.39 is 47.3 Å². The second-order valence-corrected chi connectivity index (χ2v) is 12.6. The highest BCUT2D eigenvalue weighted by Crippen LogP contribution is 2.29. The third-order valence-electron chi connectivity index (χ3n) is 7.68. The number of esters is 1. The highest BCUT2D eigenvalue weighted by Gasteiger charge is 2.35. The zero-order valence-corrected chi connectivity index (χ0v) is 29.5. The van der Waals surface area contributed by atoms with Crippen molar-refractivity contribution >= 4 is 23.8 Å². The standard InChI is InChI=1S/C37H43FN2O11/c1-37(2,3)51-36(44)40-18-8-11-28(27(20-40)39-34(42)25-16-17-29(48-21-45-4)31(19-25)47-6)50-35(43)24-14-12-23(13-15-24)33(41)32-26(38)9-7-10-30(32)49-22-46-5/h7,9-10,12-17,19,27-28H,8,11,18,20-22H2,1-6H3,(H,39,42)/t27-,28-/m1/s1. The van der Waals surface area contributed by atoms with Crippen LogP contribution in [0.1, 0.15) is 70.3 Å². The maximum Gasteiger partial charge on any atom is 0.410 e. The molecule has 2 amide bonds. The summed E-state index contributed by atoms with van der Waals surface area (Å²) < 4.78 is 52.3. The summed E-state index contributed by atoms with van der Waals surface area (Å²) in [6, 6.07) is 13.3. The summed E-state index contributed by atoms with van der Waals surface area (Å²) in [5.74, 6) is -1.96. The molecular formula is C37H43FN2O11. The number of benzene rings is 3. The number of carbonyl (C=O) groups is 4. The van der Waals surface area contributed by atoms with Gasteiger partial charge in [-0.15, -0.1) is 0 Å². The first-order valence-electron chi connectivity index (χ1n) is 16.2. The minimum Gasteiger partial charge on any atom is -0.493 e. The first kappa shape index (κ1) is 38.6. The van der Waals surface area contributed by atoms with Crippen molar-refractivity contribution in [3.05, 3.63) is 88.7 Å². The second kappa shape index (κ2) is 17.6. The van der Waals surface area contributed by atoms with E-state index in [-0.39, 0.29) is 48.1 Å². The Morgan fingerprint density at radius 1 is 0.843 bits per heavy atom. The molecular weight excluding hydrogens is 667 g/mol. The average Bonchev–Trinajstić information content (AvgIpc) is 3.30. The number of amides is 2. The van der Waals surface area contributed by atoms with Crippen LogP contribution in [0.3, 0.4) is 0 Å². The predicted molar refractivity (Wildman–Crippen MR) is 182 cm³/mol. The largest absolute Gasteiger partial charge is 0.493 e. The molecule has 13 nitrogen and oxygen atoms in total. The molecule has 1 fully saturated rings. The summed E-state index contributed by atoms with van der Waals surface area (Å²) >= 11 is 0. The predicted octanol–water partition coefficient (Wildman–Crippen LogP) is 5.39. The molecule has 1 saturated heterocycles. The van der Waals surface area contributed by atoms with Crippen molar-refractivity contribution in [2.45, 2.75) is 51.4 Å². The van der Waals surface area contributed by atoms with Gasteiger partial charge in [-0.2, -0.15) is 0 Å². The number of carbonyl (C=O) groups excluding carboxylic acids is 4. The van der Waals surface area contributed by atoms with Gasteiger partial charge < -0.3 is 43.4 Å². The lowest BCUT2D eigenvalue weighted by Gasteiger charge is -2.30. The van der Waals surface area contributed by atoms with E-state index in [2.05, 4.69) is 5.32 Å². The van der Waals surface area contributed by atoms with Gasteiger partial charge >= 0.3 is 12.1 Å². The van der Waals surface area contributed by atoms with Crippen LogP contribution in [0.5, 0.6) is 17.2 Å². The smallest absolute Gasteiger partial charge is 0.410 e. The molecule has 274 valence electrons. The minimum absolute atomic E-state index is 0.00563. The molecule has 0 bridgehead atoms. The van der Waals surface area contributed by atoms with Crippen molar-refractivity contribution < 1.29 is 56.7 Å². The molecule has 2 atom stereocenters. The number of nitrogens with one attached hydrogen (secondary N) is 1. The van der Waals surface area contributed by atoms with Crippen LogP contribution in [0.2, 0.25) is 0 Å². The van der Waals surface area contributed by atoms with Crippen LogP contribution in [0.4, 0.5) is 9.18 Å². The van der Waals surface area contributed by atoms with Crippen LogP contribution in [-0.4, -0.2) is 94.4 Å². The molecule has 1 aliphatic heterocycles. The first-order chi connectivity index (χ1) is 24.3. The van der Waals surface area contributed by atoms with E-state index in [1.54, 1.807) is 32.9 Å². The maximum absolute atomic E-state index is 14.7. The number of likely N-dealkylation sites (tertiary alicyclic amines) is 1. The van der Waals surface area contributed by atoms with Gasteiger partial charge in [0, 0.05) is 38.4 Å². The van der Waals surface area contributed by atoms with Crippen LogP contribution in [0.25, 0.3) is 0 Å². The van der Waals surface area contributed by atoms with Gasteiger partial charge in [0.1, 0.15) is 28.8 Å². The fourth-order valence-electron chi connectivity index (χ4n) is 5.28. The Bertz CT molecular complexity index is 1690. The summed E-state index contributed by atoms with van der Waals surface area (Å²) in [5, 5.41) is 2.92. The van der Waals surface area contributed by atoms with Gasteiger partial charge in [-0.1, -0.05) is 18.2 Å². The molecule has 0 radical (unpaired) electrons. The Balaban J connectivity index is 1.55. The van der Waals surface area contributed by atoms with Gasteiger partial charge in [0.25, 0.3) is 5.91 Å². The number of ketones is 1. The number of ether oxygens (including phenoxy) is 7. The van der Waals surface area contributed by atoms with Crippen LogP contribution in [0.15, 0.2) is 60.7 Å². The number of halogens is 1. The highest BCUT2D eigenvalue weighted by atomic mass is 19.1. The molecule has 51 heavy (non-hydrogen) atoms. The summed E-state index contributed by atoms with van der Waals surface area (Å²) in [6.07, 6.45) is -0.648. The van der Waals surface area contributed by atoms with Crippen molar-refractivity contribution in [3.8, 4) is 17.2 Å². The average molecular weight is 711 g/mol. The lowest BCUT2D eigenvalue weighted by Crippen LogP contribution is -2.51. The zero-order valence-electron chi connectivity index (χ0n) is 29.5. The fourth-order valence-corrected chi connectivity index (χ4v) is 5.28. The van der Waals surface area contributed by atoms with E-state index in [0.29, 0.717) is 30.9 Å². The SMILES string of the molecule is COCOc1ccc(C(=O)N[C@@H]2CN(C(=O)OC(C)(C)C)CCC[C@H]2OC(=O)c2ccc(C(=O)c3c(F)cccc3OCOC)cc2)cc1OC. The third-order valence-corrected chi connectivity index (χ3v) is 7.68. The van der Waals surface area contributed by atoms with E-state index in [1.807, 2.05) is 0 Å². The summed E-state index contributed by atoms with van der Waals surface area (Å²) in [6.45, 7) is 5.35. The Morgan fingerprint density at radius 3 is 2.14 bits per heavy atom. The van der Waals surface area contributed by atoms with E-state index >= 15 is 0 Å². The van der Waals surface area contributed by atoms with Crippen molar-refractivity contribution in [2.24, 2.45) is 0 Å². The van der Waals surface area contributed by atoms with Crippen LogP contribution < -0.4 is 19.5 Å². The molecule has 1 aliphatic rings. The number of nitrogens with zero attached hydrogens (tertiary/aromatic N) is 1. The lowest BCUT2D eigenvalue weighted by molar-refractivity contribution is 0.0127. The van der Waals surface area contributed by atoms with E-state index in [0.717, 1.165) is 6.07 Å². The van der Waals surface area contributed by atoms with E-state index in [9.17, 15) is 23.6 Å². The molecule has 1 heterocycles. The normalized spacial score (nSPS) is 16.0. The van der Waals surface area contributed by atoms with Gasteiger partial charge in [-0.25, -0.2) is 14.0 Å². The Labute approximate surface area is 295 Å². The van der Waals surface area contributed by atoms with Crippen LogP contribution >= 0.6 is 0 Å². The molecule has 0 aliphatic carbocycles. The van der Waals surface area contributed by atoms with Crippen LogP contribution in [-0.2, 0) is 18.9 Å². The molecule has 0 unspecified atom stereocenters. The molecule has 0 saturated carbocycles. The van der Waals surface area contributed by atoms with Gasteiger partial charge in [0.15, 0.2) is 30.9 Å². The Hall–Kier alpha value is -5.21. The van der Waals surface area contributed by atoms with Gasteiger partial charge in [-0.05, 0) is 76.1 Å². The molecule has 14 heteroatoms. The Kier molecular flexibility index (Phi) is 13.3. The topological polar surface area (TPSA) is 148 Å². The number of hydrogen-bond donors (Lipinski definition) is 1. The maximum atomic E-state index is 14.7. The van der Waals surface area contributed by atoms with Gasteiger partial charge in [0.2, 0.25) is 0 Å². The van der Waals surface area contributed by atoms with Crippen molar-refractivity contribution in [2.75, 3.05) is 48.0 Å². The number of hydrogen-bond acceptors (Lipinski definition) is 11. The van der Waals surface area contributed by atoms with Crippen LogP contribution in [0, 0.1) is 5.82 Å². The molecule has 4 rings (SSSR count). The number of rotatable bonds is 13. The van der Waals surface area contributed by atoms with Gasteiger partial charge in [-0.3, -0.25) is 9.59 Å². The lowest BCUT2D eigenvalue weighted by atomic mass is 10.0. The monoisotopic (exact) mass is 710 g/mol. The summed E-state index contributed by atoms with van der Waals surface area (Å²) in [4.78, 5) is 54.8. The highest BCUT2D eigenvalue weighted by molar-refractivity contribution is 6.11. The summed E-state index contributed by atoms with van der Waals surface area (Å²) in [7, 11) is 4.32. The summed E-state index contributed by atoms with van der Waals surface area (Å²) in [5.41, 5.74) is -0.562. The van der Waals surface area contributed by atoms with E-state index in [1.165, 1.54) is 68.7 Å². The van der Waals surface area contributed by atoms with Crippen molar-refractivity contribution in [1.29, 1.82) is 0 Å². The van der Waals surface area contributed by atoms with E-state index in [4.69, 9.17) is 33.2 Å². The molecule has 3 aromatic carbocycles. The Morgan fingerprint density at radius 2 is 1.49 bits per heavy atom. The third kappa shape index (κ3) is 10.4. The van der Waals surface area contributed by atoms with Crippen molar-refractivity contribution in [1.82, 2.24) is 10.2 Å². The van der Waals surface area contributed by atoms with Gasteiger partial charge in [0.05, 0.1) is 18.7 Å². The zero-order chi connectivity index (χ0) is 37.1. The molecule has 0 aromatic heterocycles. The molecule has 0 spiro atoms. The quantitative estimate of drug-likeness (QED) is 0.138. The fraction of sp³-hybridized carbons (Fsp3) is 0.405. The molecule has 1 N–H and O–H groups in total.